The van der Waals surface area contributed by atoms with Crippen molar-refractivity contribution in [2.24, 2.45) is 0 Å². The number of hydrogen-bond donors (Lipinski definition) is 2. The van der Waals surface area contributed by atoms with Crippen molar-refractivity contribution in [1.29, 1.82) is 0 Å². The number of halogens is 2. The summed E-state index contributed by atoms with van der Waals surface area (Å²) in [7, 11) is 0. The third-order valence-electron chi connectivity index (χ3n) is 6.30. The number of carboxylic acids is 1. The zero-order valence-electron chi connectivity index (χ0n) is 18.1. The van der Waals surface area contributed by atoms with E-state index in [1.807, 2.05) is 20.8 Å². The highest BCUT2D eigenvalue weighted by molar-refractivity contribution is 7.14. The van der Waals surface area contributed by atoms with Gasteiger partial charge in [0.1, 0.15) is 27.9 Å². The van der Waals surface area contributed by atoms with Gasteiger partial charge in [-0.25, -0.2) is 13.6 Å². The molecule has 1 unspecified atom stereocenters. The van der Waals surface area contributed by atoms with Crippen LogP contribution in [0.2, 0.25) is 0 Å². The number of hydrogen-bond acceptors (Lipinski definition) is 4. The molecule has 0 spiro atoms. The fourth-order valence-corrected chi connectivity index (χ4v) is 5.72. The Kier molecular flexibility index (Phi) is 4.67. The smallest absolute Gasteiger partial charge is 0.345 e. The summed E-state index contributed by atoms with van der Waals surface area (Å²) in [5.74, 6) is -2.26. The van der Waals surface area contributed by atoms with Gasteiger partial charge in [0.25, 0.3) is 0 Å². The Morgan fingerprint density at radius 1 is 1.06 bits per heavy atom. The number of aromatic carboxylic acids is 1. The number of benzene rings is 2. The molecule has 33 heavy (non-hydrogen) atoms. The van der Waals surface area contributed by atoms with E-state index in [0.29, 0.717) is 22.3 Å². The van der Waals surface area contributed by atoms with Gasteiger partial charge in [-0.1, -0.05) is 0 Å². The third kappa shape index (κ3) is 3.16. The number of fused-ring (bicyclic) bond motifs is 3. The van der Waals surface area contributed by atoms with Gasteiger partial charge in [-0.3, -0.25) is 0 Å². The molecule has 2 N–H and O–H groups in total. The summed E-state index contributed by atoms with van der Waals surface area (Å²) in [6, 6.07) is 11.5. The van der Waals surface area contributed by atoms with Crippen molar-refractivity contribution in [3.8, 4) is 11.4 Å². The second-order valence-electron chi connectivity index (χ2n) is 8.95. The molecular weight excluding hydrogens is 448 g/mol. The summed E-state index contributed by atoms with van der Waals surface area (Å²) in [6.07, 6.45) is 0. The zero-order chi connectivity index (χ0) is 23.7. The molecule has 3 heterocycles. The van der Waals surface area contributed by atoms with Crippen LogP contribution in [-0.2, 0) is 15.8 Å². The minimum Gasteiger partial charge on any atom is -0.507 e. The molecule has 1 aliphatic heterocycles. The second kappa shape index (κ2) is 7.13. The Balaban J connectivity index is 1.93. The first-order chi connectivity index (χ1) is 15.5. The van der Waals surface area contributed by atoms with Gasteiger partial charge in [-0.05, 0) is 63.2 Å². The Morgan fingerprint density at radius 3 is 2.39 bits per heavy atom. The molecule has 1 atom stereocenters. The minimum absolute atomic E-state index is 0.190. The van der Waals surface area contributed by atoms with Crippen molar-refractivity contribution < 1.29 is 28.5 Å². The predicted molar refractivity (Wildman–Crippen MR) is 122 cm³/mol. The molecular formula is C25H21F2NO4S. The average Bonchev–Trinajstić information content (AvgIpc) is 3.37. The number of nitrogens with zero attached hydrogens (tertiary/aromatic N) is 1. The lowest BCUT2D eigenvalue weighted by Crippen LogP contribution is -2.42. The van der Waals surface area contributed by atoms with Crippen molar-refractivity contribution in [1.82, 2.24) is 4.57 Å². The molecule has 4 aromatic rings. The summed E-state index contributed by atoms with van der Waals surface area (Å²) in [5, 5.41) is 20.8. The molecule has 8 heteroatoms. The maximum absolute atomic E-state index is 14.5. The highest BCUT2D eigenvalue weighted by atomic mass is 32.1. The summed E-state index contributed by atoms with van der Waals surface area (Å²) < 4.78 is 36.3. The molecule has 5 rings (SSSR count). The van der Waals surface area contributed by atoms with Gasteiger partial charge in [0.2, 0.25) is 0 Å². The number of aromatic hydroxyl groups is 1. The Bertz CT molecular complexity index is 1420. The normalized spacial score (nSPS) is 19.5. The van der Waals surface area contributed by atoms with Gasteiger partial charge in [0.05, 0.1) is 23.2 Å². The van der Waals surface area contributed by atoms with Crippen LogP contribution in [0.4, 0.5) is 8.78 Å². The first-order valence-corrected chi connectivity index (χ1v) is 11.2. The molecule has 0 saturated heterocycles. The van der Waals surface area contributed by atoms with Gasteiger partial charge in [-0.15, -0.1) is 11.3 Å². The first kappa shape index (κ1) is 21.6. The van der Waals surface area contributed by atoms with E-state index in [-0.39, 0.29) is 17.2 Å². The molecule has 2 aromatic carbocycles. The molecule has 0 bridgehead atoms. The lowest BCUT2D eigenvalue weighted by Gasteiger charge is -2.42. The van der Waals surface area contributed by atoms with E-state index in [9.17, 15) is 23.8 Å². The molecule has 1 aliphatic rings. The number of aromatic nitrogens is 1. The topological polar surface area (TPSA) is 71.7 Å². The van der Waals surface area contributed by atoms with Crippen molar-refractivity contribution in [3.05, 3.63) is 81.2 Å². The second-order valence-corrected chi connectivity index (χ2v) is 10.0. The van der Waals surface area contributed by atoms with Crippen LogP contribution < -0.4 is 0 Å². The van der Waals surface area contributed by atoms with Crippen LogP contribution in [0.25, 0.3) is 16.6 Å². The van der Waals surface area contributed by atoms with Gasteiger partial charge >= 0.3 is 5.97 Å². The molecule has 170 valence electrons. The van der Waals surface area contributed by atoms with E-state index in [4.69, 9.17) is 4.74 Å². The molecule has 0 radical (unpaired) electrons. The van der Waals surface area contributed by atoms with Gasteiger partial charge in [-0.2, -0.15) is 0 Å². The number of carboxylic acid groups (broad SMARTS) is 1. The molecule has 0 aliphatic carbocycles. The maximum Gasteiger partial charge on any atom is 0.345 e. The highest BCUT2D eigenvalue weighted by Crippen LogP contribution is 2.53. The van der Waals surface area contributed by atoms with E-state index in [1.165, 1.54) is 18.2 Å². The van der Waals surface area contributed by atoms with Gasteiger partial charge in [0, 0.05) is 27.6 Å². The van der Waals surface area contributed by atoms with E-state index < -0.39 is 28.6 Å². The first-order valence-electron chi connectivity index (χ1n) is 10.3. The van der Waals surface area contributed by atoms with Crippen molar-refractivity contribution in [3.63, 3.8) is 0 Å². The van der Waals surface area contributed by atoms with E-state index in [0.717, 1.165) is 27.8 Å². The maximum atomic E-state index is 14.5. The largest absolute Gasteiger partial charge is 0.507 e. The number of rotatable bonds is 3. The van der Waals surface area contributed by atoms with Gasteiger partial charge < -0.3 is 19.5 Å². The van der Waals surface area contributed by atoms with Crippen LogP contribution >= 0.6 is 11.3 Å². The Labute approximate surface area is 192 Å². The highest BCUT2D eigenvalue weighted by Gasteiger charge is 2.48. The van der Waals surface area contributed by atoms with Crippen LogP contribution in [0, 0.1) is 11.6 Å². The monoisotopic (exact) mass is 469 g/mol. The SMILES string of the molecule is CC1(C)OCC(C)(c2ccc(C(=O)O)s2)c2c1n(-c1ccc(F)cc1)c1cc(F)cc(O)c21. The van der Waals surface area contributed by atoms with Crippen LogP contribution in [-0.4, -0.2) is 27.4 Å². The predicted octanol–water partition coefficient (Wildman–Crippen LogP) is 5.95. The van der Waals surface area contributed by atoms with E-state index >= 15 is 0 Å². The van der Waals surface area contributed by atoms with Crippen LogP contribution in [0.15, 0.2) is 48.5 Å². The van der Waals surface area contributed by atoms with Crippen molar-refractivity contribution in [2.75, 3.05) is 6.61 Å². The van der Waals surface area contributed by atoms with Crippen LogP contribution in [0.1, 0.15) is 46.6 Å². The van der Waals surface area contributed by atoms with Gasteiger partial charge in [0.15, 0.2) is 0 Å². The van der Waals surface area contributed by atoms with E-state index in [1.54, 1.807) is 28.8 Å². The van der Waals surface area contributed by atoms with Crippen molar-refractivity contribution >= 4 is 28.2 Å². The molecule has 2 aromatic heterocycles. The quantitative estimate of drug-likeness (QED) is 0.389. The third-order valence-corrected chi connectivity index (χ3v) is 7.64. The summed E-state index contributed by atoms with van der Waals surface area (Å²) in [4.78, 5) is 12.5. The fraction of sp³-hybridized carbons (Fsp3) is 0.240. The standard InChI is InChI=1S/C25H21F2NO4S/c1-24(2)22-21(25(3,12-32-24)19-9-8-18(33-19)23(30)31)20-16(10-14(27)11-17(20)29)28(22)15-6-4-13(26)5-7-15/h4-11,29H,12H2,1-3H3,(H,30,31). The zero-order valence-corrected chi connectivity index (χ0v) is 19.0. The lowest BCUT2D eigenvalue weighted by atomic mass is 9.75. The summed E-state index contributed by atoms with van der Waals surface area (Å²) in [5.41, 5.74) is 0.772. The van der Waals surface area contributed by atoms with Crippen LogP contribution in [0.3, 0.4) is 0 Å². The molecule has 5 nitrogen and oxygen atoms in total. The molecule has 0 fully saturated rings. The average molecular weight is 470 g/mol. The molecule has 0 saturated carbocycles. The Morgan fingerprint density at radius 2 is 1.76 bits per heavy atom. The van der Waals surface area contributed by atoms with Crippen molar-refractivity contribution in [2.45, 2.75) is 31.8 Å². The van der Waals surface area contributed by atoms with E-state index in [2.05, 4.69) is 0 Å². The number of phenolic OH excluding ortho intramolecular Hbond substituents is 1. The number of ether oxygens (including phenoxy) is 1. The number of phenols is 1. The number of carbonyl (C=O) groups is 1. The summed E-state index contributed by atoms with van der Waals surface area (Å²) in [6.45, 7) is 5.92. The van der Waals surface area contributed by atoms with Crippen LogP contribution in [0.5, 0.6) is 5.75 Å². The minimum atomic E-state index is -1.02. The number of thiophene rings is 1. The fourth-order valence-electron chi connectivity index (χ4n) is 4.74. The summed E-state index contributed by atoms with van der Waals surface area (Å²) >= 11 is 1.14. The Hall–Kier alpha value is -3.23. The molecule has 0 amide bonds. The lowest BCUT2D eigenvalue weighted by molar-refractivity contribution is -0.0576.